The molecule has 0 radical (unpaired) electrons. The zero-order chi connectivity index (χ0) is 30.7. The molecule has 0 bridgehead atoms. The average molecular weight is 577 g/mol. The summed E-state index contributed by atoms with van der Waals surface area (Å²) < 4.78 is 18.5. The summed E-state index contributed by atoms with van der Waals surface area (Å²) in [6.07, 6.45) is 15.9. The van der Waals surface area contributed by atoms with E-state index in [-0.39, 0.29) is 28.3 Å². The SMILES string of the molecule is CCOC(=O)C=CC(C)=CC(C)=CC=CC(C)=CC[C@@H](C[C@H](C)O[Si](C)(C)C(C)(C)C)O[Si](C)(C)C(C)(C)C. The van der Waals surface area contributed by atoms with Crippen LogP contribution >= 0.6 is 0 Å². The Hall–Kier alpha value is -1.48. The van der Waals surface area contributed by atoms with Crippen molar-refractivity contribution in [1.82, 2.24) is 0 Å². The fraction of sp³-hybridized carbons (Fsp3) is 0.667. The van der Waals surface area contributed by atoms with Crippen LogP contribution < -0.4 is 0 Å². The smallest absolute Gasteiger partial charge is 0.330 e. The zero-order valence-corrected chi connectivity index (χ0v) is 30.0. The van der Waals surface area contributed by atoms with E-state index in [1.54, 1.807) is 13.0 Å². The zero-order valence-electron chi connectivity index (χ0n) is 28.0. The molecule has 0 N–H and O–H groups in total. The largest absolute Gasteiger partial charge is 0.463 e. The molecule has 4 nitrogen and oxygen atoms in total. The lowest BCUT2D eigenvalue weighted by atomic mass is 10.1. The van der Waals surface area contributed by atoms with Gasteiger partial charge in [0.15, 0.2) is 16.6 Å². The summed E-state index contributed by atoms with van der Waals surface area (Å²) in [5, 5.41) is 0.349. The summed E-state index contributed by atoms with van der Waals surface area (Å²) in [5.41, 5.74) is 3.32. The van der Waals surface area contributed by atoms with Crippen LogP contribution in [0.1, 0.15) is 89.0 Å². The van der Waals surface area contributed by atoms with Crippen molar-refractivity contribution < 1.29 is 18.4 Å². The molecule has 0 unspecified atom stereocenters. The predicted octanol–water partition coefficient (Wildman–Crippen LogP) is 10.1. The maximum atomic E-state index is 11.5. The first-order valence-corrected chi connectivity index (χ1v) is 20.3. The Morgan fingerprint density at radius 3 is 1.85 bits per heavy atom. The first-order chi connectivity index (χ1) is 17.6. The number of allylic oxidation sites excluding steroid dienone is 8. The molecule has 0 aliphatic rings. The summed E-state index contributed by atoms with van der Waals surface area (Å²) in [5.74, 6) is -0.315. The van der Waals surface area contributed by atoms with Crippen molar-refractivity contribution in [2.75, 3.05) is 6.61 Å². The number of esters is 1. The molecule has 2 atom stereocenters. The van der Waals surface area contributed by atoms with Gasteiger partial charge in [0, 0.05) is 12.2 Å². The van der Waals surface area contributed by atoms with Gasteiger partial charge in [-0.25, -0.2) is 4.79 Å². The van der Waals surface area contributed by atoms with Crippen LogP contribution in [-0.4, -0.2) is 41.4 Å². The highest BCUT2D eigenvalue weighted by molar-refractivity contribution is 6.74. The van der Waals surface area contributed by atoms with E-state index in [1.165, 1.54) is 11.6 Å². The second-order valence-corrected chi connectivity index (χ2v) is 23.4. The van der Waals surface area contributed by atoms with Gasteiger partial charge in [0.25, 0.3) is 0 Å². The van der Waals surface area contributed by atoms with E-state index in [2.05, 4.69) is 113 Å². The molecule has 39 heavy (non-hydrogen) atoms. The van der Waals surface area contributed by atoms with Gasteiger partial charge >= 0.3 is 5.97 Å². The molecule has 0 spiro atoms. The Labute approximate surface area is 243 Å². The molecule has 0 amide bonds. The minimum absolute atomic E-state index is 0.128. The molecule has 0 aliphatic heterocycles. The van der Waals surface area contributed by atoms with Crippen molar-refractivity contribution >= 4 is 22.6 Å². The molecule has 224 valence electrons. The molecule has 0 saturated heterocycles. The van der Waals surface area contributed by atoms with Gasteiger partial charge in [0.1, 0.15) is 0 Å². The Morgan fingerprint density at radius 2 is 1.33 bits per heavy atom. The standard InChI is InChI=1S/C33H60O4Si2/c1-16-35-31(34)23-21-28(4)24-27(3)19-17-18-26(2)20-22-30(37-39(14,15)33(9,10)11)25-29(5)36-38(12,13)32(6,7)8/h17-21,23-24,29-30H,16,22,25H2,1-15H3/t29-,30-/m0/s1. The van der Waals surface area contributed by atoms with Crippen LogP contribution in [0, 0.1) is 0 Å². The van der Waals surface area contributed by atoms with Crippen molar-refractivity contribution in [2.24, 2.45) is 0 Å². The number of rotatable bonds is 14. The van der Waals surface area contributed by atoms with Gasteiger partial charge in [0.05, 0.1) is 12.7 Å². The van der Waals surface area contributed by atoms with Crippen LogP contribution in [0.15, 0.2) is 59.3 Å². The summed E-state index contributed by atoms with van der Waals surface area (Å²) in [7, 11) is -3.76. The van der Waals surface area contributed by atoms with Crippen LogP contribution in [-0.2, 0) is 18.4 Å². The first kappa shape index (κ1) is 37.5. The normalized spacial score (nSPS) is 16.7. The van der Waals surface area contributed by atoms with Gasteiger partial charge in [-0.15, -0.1) is 0 Å². The van der Waals surface area contributed by atoms with Gasteiger partial charge in [-0.3, -0.25) is 0 Å². The second-order valence-electron chi connectivity index (χ2n) is 13.9. The third-order valence-corrected chi connectivity index (χ3v) is 16.9. The van der Waals surface area contributed by atoms with Crippen LogP contribution in [0.2, 0.25) is 36.3 Å². The lowest BCUT2D eigenvalue weighted by Crippen LogP contribution is -2.46. The third-order valence-electron chi connectivity index (χ3n) is 7.81. The number of carbonyl (C=O) groups is 1. The summed E-state index contributed by atoms with van der Waals surface area (Å²) in [6.45, 7) is 33.7. The van der Waals surface area contributed by atoms with E-state index in [0.29, 0.717) is 6.61 Å². The molecule has 0 aromatic heterocycles. The highest BCUT2D eigenvalue weighted by Crippen LogP contribution is 2.40. The molecule has 6 heteroatoms. The average Bonchev–Trinajstić information content (AvgIpc) is 2.74. The van der Waals surface area contributed by atoms with Gasteiger partial charge in [-0.05, 0) is 83.7 Å². The van der Waals surface area contributed by atoms with Crippen molar-refractivity contribution in [3.8, 4) is 0 Å². The Balaban J connectivity index is 5.53. The third kappa shape index (κ3) is 15.2. The topological polar surface area (TPSA) is 44.8 Å². The van der Waals surface area contributed by atoms with E-state index in [1.807, 2.05) is 13.0 Å². The minimum Gasteiger partial charge on any atom is -0.463 e. The maximum absolute atomic E-state index is 11.5. The van der Waals surface area contributed by atoms with E-state index < -0.39 is 16.6 Å². The molecule has 0 aromatic rings. The lowest BCUT2D eigenvalue weighted by Gasteiger charge is -2.42. The lowest BCUT2D eigenvalue weighted by molar-refractivity contribution is -0.137. The van der Waals surface area contributed by atoms with Crippen molar-refractivity contribution in [3.63, 3.8) is 0 Å². The number of hydrogen-bond donors (Lipinski definition) is 0. The Morgan fingerprint density at radius 1 is 0.795 bits per heavy atom. The van der Waals surface area contributed by atoms with Crippen molar-refractivity contribution in [1.29, 1.82) is 0 Å². The monoisotopic (exact) mass is 576 g/mol. The molecule has 0 heterocycles. The van der Waals surface area contributed by atoms with Crippen LogP contribution in [0.4, 0.5) is 0 Å². The summed E-state index contributed by atoms with van der Waals surface area (Å²) >= 11 is 0. The highest BCUT2D eigenvalue weighted by atomic mass is 28.4. The highest BCUT2D eigenvalue weighted by Gasteiger charge is 2.41. The van der Waals surface area contributed by atoms with Crippen molar-refractivity contribution in [2.45, 2.75) is 137 Å². The minimum atomic E-state index is -1.92. The fourth-order valence-corrected chi connectivity index (χ4v) is 6.30. The number of hydrogen-bond acceptors (Lipinski definition) is 4. The van der Waals surface area contributed by atoms with Gasteiger partial charge in [-0.2, -0.15) is 0 Å². The van der Waals surface area contributed by atoms with Crippen LogP contribution in [0.3, 0.4) is 0 Å². The molecule has 0 aliphatic carbocycles. The van der Waals surface area contributed by atoms with Crippen molar-refractivity contribution in [3.05, 3.63) is 59.3 Å². The quantitative estimate of drug-likeness (QED) is 0.0893. The van der Waals surface area contributed by atoms with E-state index in [9.17, 15) is 4.79 Å². The van der Waals surface area contributed by atoms with Gasteiger partial charge in [-0.1, -0.05) is 94.7 Å². The van der Waals surface area contributed by atoms with Gasteiger partial charge < -0.3 is 13.6 Å². The first-order valence-electron chi connectivity index (χ1n) is 14.5. The Kier molecular flexibility index (Phi) is 15.5. The summed E-state index contributed by atoms with van der Waals surface area (Å²) in [6, 6.07) is 0. The number of carbonyl (C=O) groups excluding carboxylic acids is 1. The molecule has 0 saturated carbocycles. The maximum Gasteiger partial charge on any atom is 0.330 e. The van der Waals surface area contributed by atoms with E-state index in [4.69, 9.17) is 13.6 Å². The molecule has 0 aromatic carbocycles. The van der Waals surface area contributed by atoms with E-state index >= 15 is 0 Å². The van der Waals surface area contributed by atoms with Gasteiger partial charge in [0.2, 0.25) is 0 Å². The van der Waals surface area contributed by atoms with E-state index in [0.717, 1.165) is 24.0 Å². The summed E-state index contributed by atoms with van der Waals surface area (Å²) in [4.78, 5) is 11.5. The predicted molar refractivity (Wildman–Crippen MR) is 175 cm³/mol. The molecule has 0 rings (SSSR count). The number of ether oxygens (including phenoxy) is 1. The fourth-order valence-electron chi connectivity index (χ4n) is 3.47. The molecular formula is C33H60O4Si2. The second kappa shape index (κ2) is 16.1. The molecular weight excluding hydrogens is 517 g/mol. The Bertz CT molecular complexity index is 922. The van der Waals surface area contributed by atoms with Crippen LogP contribution in [0.5, 0.6) is 0 Å². The van der Waals surface area contributed by atoms with Crippen LogP contribution in [0.25, 0.3) is 0 Å². The molecule has 0 fully saturated rings.